The van der Waals surface area contributed by atoms with Crippen LogP contribution in [-0.2, 0) is 22.5 Å². The molecule has 0 aliphatic carbocycles. The zero-order valence-corrected chi connectivity index (χ0v) is 36.5. The molecule has 1 radical (unpaired) electrons. The first-order valence-electron chi connectivity index (χ1n) is 19.9. The molecule has 293 valence electrons. The smallest absolute Gasteiger partial charge is 0.174 e. The Hall–Kier alpha value is -5.46. The molecule has 6 heteroatoms. The number of benzene rings is 7. The van der Waals surface area contributed by atoms with Gasteiger partial charge in [-0.3, -0.25) is 9.97 Å². The summed E-state index contributed by atoms with van der Waals surface area (Å²) in [5, 5.41) is 10.4. The molecule has 7 aromatic carbocycles. The van der Waals surface area contributed by atoms with E-state index < -0.39 is 15.8 Å². The number of aromatic nitrogens is 2. The predicted molar refractivity (Wildman–Crippen MR) is 252 cm³/mol. The van der Waals surface area contributed by atoms with Crippen molar-refractivity contribution in [2.45, 2.75) is 33.1 Å². The quantitative estimate of drug-likeness (QED) is 0.0950. The first-order valence-corrected chi connectivity index (χ1v) is 22.9. The summed E-state index contributed by atoms with van der Waals surface area (Å²) in [6.45, 7) is 8.73. The van der Waals surface area contributed by atoms with Crippen LogP contribution in [0.15, 0.2) is 194 Å². The average Bonchev–Trinajstić information content (AvgIpc) is 3.26. The van der Waals surface area contributed by atoms with Crippen LogP contribution in [0.4, 0.5) is 0 Å². The molecule has 9 aromatic rings. The number of aryl methyl sites for hydroxylation is 2. The van der Waals surface area contributed by atoms with Crippen molar-refractivity contribution in [1.29, 1.82) is 0 Å². The van der Waals surface area contributed by atoms with Gasteiger partial charge in [-0.05, 0) is 86.6 Å². The van der Waals surface area contributed by atoms with Crippen molar-refractivity contribution in [3.8, 4) is 11.5 Å². The zero-order chi connectivity index (χ0) is 39.6. The maximum Gasteiger partial charge on any atom is 0.174 e. The molecule has 10 rings (SSSR count). The summed E-state index contributed by atoms with van der Waals surface area (Å²) in [4.78, 5) is 9.16. The van der Waals surface area contributed by atoms with E-state index in [0.717, 1.165) is 44.7 Å². The van der Waals surface area contributed by atoms with Crippen molar-refractivity contribution in [3.63, 3.8) is 0 Å². The van der Waals surface area contributed by atoms with Crippen molar-refractivity contribution in [2.24, 2.45) is 0 Å². The Morgan fingerprint density at radius 2 is 0.712 bits per heavy atom. The minimum absolute atomic E-state index is 0. The Bertz CT molecular complexity index is 2600. The molecular formula is C53H46CuN2OP2+2. The molecule has 3 nitrogen and oxygen atoms in total. The first-order chi connectivity index (χ1) is 28.4. The number of hydrogen-bond donors (Lipinski definition) is 0. The number of nitrogens with zero attached hydrogens (tertiary/aromatic N) is 2. The SMILES string of the molecule is CC1(C)c2cccc([PH+](c3ccccc3)c3ccccc3)c2Oc2c([PH+](c3ccccc3)c3ccccc3)cccc21.Cc1ccc2ccc3ccc(C)nc3c2n1.[Cu]. The Balaban J connectivity index is 0.000000238. The van der Waals surface area contributed by atoms with Crippen LogP contribution in [0, 0.1) is 13.8 Å². The van der Waals surface area contributed by atoms with Crippen molar-refractivity contribution >= 4 is 69.5 Å². The number of hydrogen-bond acceptors (Lipinski definition) is 3. The average molecular weight is 852 g/mol. The van der Waals surface area contributed by atoms with Crippen LogP contribution in [0.5, 0.6) is 11.5 Å². The summed E-state index contributed by atoms with van der Waals surface area (Å²) in [6, 6.07) is 70.0. The molecule has 3 heterocycles. The molecule has 0 saturated heterocycles. The van der Waals surface area contributed by atoms with Gasteiger partial charge in [0.05, 0.1) is 11.0 Å². The molecule has 0 spiro atoms. The molecule has 0 unspecified atom stereocenters. The second-order valence-corrected chi connectivity index (χ2v) is 20.3. The van der Waals surface area contributed by atoms with Gasteiger partial charge in [0.15, 0.2) is 11.5 Å². The third-order valence-corrected chi connectivity index (χ3v) is 16.7. The Morgan fingerprint density at radius 1 is 0.390 bits per heavy atom. The van der Waals surface area contributed by atoms with E-state index in [1.165, 1.54) is 43.0 Å². The fourth-order valence-electron chi connectivity index (χ4n) is 8.26. The van der Waals surface area contributed by atoms with Crippen LogP contribution in [0.2, 0.25) is 0 Å². The largest absolute Gasteiger partial charge is 0.448 e. The van der Waals surface area contributed by atoms with Crippen LogP contribution < -0.4 is 36.6 Å². The topological polar surface area (TPSA) is 35.0 Å². The van der Waals surface area contributed by atoms with E-state index in [-0.39, 0.29) is 22.5 Å². The van der Waals surface area contributed by atoms with Gasteiger partial charge >= 0.3 is 0 Å². The van der Waals surface area contributed by atoms with Crippen molar-refractivity contribution in [2.75, 3.05) is 0 Å². The van der Waals surface area contributed by atoms with Gasteiger partial charge in [0, 0.05) is 55.8 Å². The van der Waals surface area contributed by atoms with Gasteiger partial charge < -0.3 is 4.74 Å². The summed E-state index contributed by atoms with van der Waals surface area (Å²) in [5.74, 6) is 2.07. The maximum absolute atomic E-state index is 7.27. The fourth-order valence-corrected chi connectivity index (χ4v) is 13.6. The van der Waals surface area contributed by atoms with Crippen LogP contribution in [0.1, 0.15) is 36.4 Å². The summed E-state index contributed by atoms with van der Waals surface area (Å²) >= 11 is 0. The van der Waals surface area contributed by atoms with Gasteiger partial charge in [0.25, 0.3) is 0 Å². The maximum atomic E-state index is 7.27. The predicted octanol–water partition coefficient (Wildman–Crippen LogP) is 10.5. The van der Waals surface area contributed by atoms with Gasteiger partial charge in [-0.2, -0.15) is 0 Å². The number of rotatable bonds is 6. The van der Waals surface area contributed by atoms with Crippen molar-refractivity contribution < 1.29 is 21.8 Å². The molecule has 0 bridgehead atoms. The minimum atomic E-state index is -1.32. The Morgan fingerprint density at radius 3 is 1.05 bits per heavy atom. The Labute approximate surface area is 360 Å². The molecular weight excluding hydrogens is 806 g/mol. The third-order valence-electron chi connectivity index (χ3n) is 11.2. The zero-order valence-electron chi connectivity index (χ0n) is 33.6. The third kappa shape index (κ3) is 8.00. The summed E-state index contributed by atoms with van der Waals surface area (Å²) in [5.41, 5.74) is 6.36. The molecule has 2 aromatic heterocycles. The summed E-state index contributed by atoms with van der Waals surface area (Å²) in [6.07, 6.45) is 0. The van der Waals surface area contributed by atoms with Gasteiger partial charge in [-0.1, -0.05) is 135 Å². The number of ether oxygens (including phenoxy) is 1. The molecule has 1 aliphatic heterocycles. The molecule has 0 fully saturated rings. The number of para-hydroxylation sites is 2. The van der Waals surface area contributed by atoms with E-state index in [1.54, 1.807) is 0 Å². The van der Waals surface area contributed by atoms with Gasteiger partial charge in [-0.15, -0.1) is 0 Å². The Kier molecular flexibility index (Phi) is 11.9. The summed E-state index contributed by atoms with van der Waals surface area (Å²) < 4.78 is 7.27. The van der Waals surface area contributed by atoms with E-state index in [0.29, 0.717) is 0 Å². The van der Waals surface area contributed by atoms with E-state index in [4.69, 9.17) is 4.74 Å². The molecule has 0 saturated carbocycles. The van der Waals surface area contributed by atoms with E-state index in [2.05, 4.69) is 206 Å². The van der Waals surface area contributed by atoms with Crippen LogP contribution >= 0.6 is 15.8 Å². The van der Waals surface area contributed by atoms with E-state index in [9.17, 15) is 0 Å². The van der Waals surface area contributed by atoms with Gasteiger partial charge in [0.2, 0.25) is 0 Å². The number of fused-ring (bicyclic) bond motifs is 5. The van der Waals surface area contributed by atoms with Gasteiger partial charge in [0.1, 0.15) is 47.7 Å². The molecule has 0 atom stereocenters. The van der Waals surface area contributed by atoms with Crippen LogP contribution in [0.25, 0.3) is 21.8 Å². The van der Waals surface area contributed by atoms with E-state index in [1.807, 2.05) is 26.0 Å². The summed E-state index contributed by atoms with van der Waals surface area (Å²) in [7, 11) is -2.64. The second kappa shape index (κ2) is 17.4. The second-order valence-electron chi connectivity index (χ2n) is 15.4. The fraction of sp³-hybridized carbons (Fsp3) is 0.0943. The first kappa shape index (κ1) is 40.3. The van der Waals surface area contributed by atoms with Crippen molar-refractivity contribution in [1.82, 2.24) is 9.97 Å². The minimum Gasteiger partial charge on any atom is -0.448 e. The number of pyridine rings is 2. The van der Waals surface area contributed by atoms with Crippen LogP contribution in [-0.4, -0.2) is 9.97 Å². The monoisotopic (exact) mass is 851 g/mol. The molecule has 0 N–H and O–H groups in total. The van der Waals surface area contributed by atoms with Crippen LogP contribution in [0.3, 0.4) is 0 Å². The van der Waals surface area contributed by atoms with Gasteiger partial charge in [-0.25, -0.2) is 0 Å². The van der Waals surface area contributed by atoms with Crippen molar-refractivity contribution in [3.05, 3.63) is 217 Å². The molecule has 0 amide bonds. The van der Waals surface area contributed by atoms with E-state index >= 15 is 0 Å². The molecule has 1 aliphatic rings. The standard InChI is InChI=1S/C39H32OP2.C14H12N2.Cu/c1-39(2)33-25-15-27-35(41(29-17-7-3-8-18-29)30-19-9-4-10-20-30)37(33)40-38-34(39)26-16-28-36(38)42(31-21-11-5-12-22-31)32-23-13-6-14-24-32;1-9-3-5-11-7-8-12-6-4-10(2)16-14(12)13(11)15-9;/h3-28H,1-2H3;3-8H,1-2H3;/p+2. The normalized spacial score (nSPS) is 12.5. The molecule has 59 heavy (non-hydrogen) atoms.